The van der Waals surface area contributed by atoms with Crippen LogP contribution in [0.3, 0.4) is 0 Å². The molecule has 0 bridgehead atoms. The van der Waals surface area contributed by atoms with Crippen molar-refractivity contribution in [2.24, 2.45) is 0 Å². The van der Waals surface area contributed by atoms with Crippen LogP contribution in [0.4, 0.5) is 5.69 Å². The zero-order chi connectivity index (χ0) is 13.0. The maximum atomic E-state index is 6.05. The van der Waals surface area contributed by atoms with Gasteiger partial charge in [-0.25, -0.2) is 4.98 Å². The summed E-state index contributed by atoms with van der Waals surface area (Å²) in [6, 6.07) is 2.25. The van der Waals surface area contributed by atoms with E-state index >= 15 is 0 Å². The highest BCUT2D eigenvalue weighted by molar-refractivity contribution is 5.59. The van der Waals surface area contributed by atoms with Crippen molar-refractivity contribution < 1.29 is 4.74 Å². The molecule has 98 valence electrons. The lowest BCUT2D eigenvalue weighted by molar-refractivity contribution is 0.165. The highest BCUT2D eigenvalue weighted by Gasteiger charge is 2.50. The molecule has 0 N–H and O–H groups in total. The Morgan fingerprint density at radius 3 is 2.78 bits per heavy atom. The zero-order valence-electron chi connectivity index (χ0n) is 11.8. The summed E-state index contributed by atoms with van der Waals surface area (Å²) in [7, 11) is 2.14. The monoisotopic (exact) mass is 246 g/mol. The zero-order valence-corrected chi connectivity index (χ0v) is 11.8. The summed E-state index contributed by atoms with van der Waals surface area (Å²) in [6.07, 6.45) is 5.43. The van der Waals surface area contributed by atoms with Crippen molar-refractivity contribution in [2.45, 2.75) is 51.0 Å². The van der Waals surface area contributed by atoms with Crippen LogP contribution in [0.25, 0.3) is 0 Å². The Morgan fingerprint density at radius 1 is 1.44 bits per heavy atom. The van der Waals surface area contributed by atoms with Crippen molar-refractivity contribution >= 4 is 5.69 Å². The standard InChI is InChI=1S/C15H22N2O/c1-5-14(2,3)11-8-12-13(16-9-11)18-15(6-7-15)10-17(12)4/h8-9H,5-7,10H2,1-4H3. The van der Waals surface area contributed by atoms with Crippen molar-refractivity contribution in [2.75, 3.05) is 18.5 Å². The second kappa shape index (κ2) is 3.62. The molecule has 2 heterocycles. The van der Waals surface area contributed by atoms with E-state index in [9.17, 15) is 0 Å². The minimum atomic E-state index is 0.0799. The third-order valence-electron chi connectivity index (χ3n) is 4.56. The second-order valence-corrected chi connectivity index (χ2v) is 6.43. The van der Waals surface area contributed by atoms with E-state index < -0.39 is 0 Å². The molecule has 3 nitrogen and oxygen atoms in total. The number of aromatic nitrogens is 1. The van der Waals surface area contributed by atoms with Gasteiger partial charge in [-0.05, 0) is 36.3 Å². The Morgan fingerprint density at radius 2 is 2.17 bits per heavy atom. The molecule has 0 amide bonds. The van der Waals surface area contributed by atoms with E-state index in [1.807, 2.05) is 6.20 Å². The predicted molar refractivity (Wildman–Crippen MR) is 73.4 cm³/mol. The first-order valence-corrected chi connectivity index (χ1v) is 6.86. The van der Waals surface area contributed by atoms with Gasteiger partial charge in [0.2, 0.25) is 5.88 Å². The number of rotatable bonds is 2. The average Bonchev–Trinajstić information content (AvgIpc) is 3.07. The molecule has 0 unspecified atom stereocenters. The molecule has 2 aliphatic rings. The molecule has 1 spiro atoms. The first-order valence-electron chi connectivity index (χ1n) is 6.86. The van der Waals surface area contributed by atoms with Gasteiger partial charge in [0.25, 0.3) is 0 Å². The van der Waals surface area contributed by atoms with Crippen LogP contribution in [0.1, 0.15) is 45.6 Å². The number of pyridine rings is 1. The van der Waals surface area contributed by atoms with Crippen molar-refractivity contribution in [3.63, 3.8) is 0 Å². The third-order valence-corrected chi connectivity index (χ3v) is 4.56. The van der Waals surface area contributed by atoms with E-state index in [4.69, 9.17) is 4.74 Å². The van der Waals surface area contributed by atoms with Crippen molar-refractivity contribution in [1.82, 2.24) is 4.98 Å². The van der Waals surface area contributed by atoms with E-state index in [-0.39, 0.29) is 11.0 Å². The highest BCUT2D eigenvalue weighted by Crippen LogP contribution is 2.47. The lowest BCUT2D eigenvalue weighted by Crippen LogP contribution is -2.40. The van der Waals surface area contributed by atoms with Gasteiger partial charge in [0.1, 0.15) is 11.3 Å². The van der Waals surface area contributed by atoms with Crippen LogP contribution < -0.4 is 9.64 Å². The summed E-state index contributed by atoms with van der Waals surface area (Å²) < 4.78 is 6.05. The van der Waals surface area contributed by atoms with E-state index in [0.29, 0.717) is 0 Å². The van der Waals surface area contributed by atoms with Gasteiger partial charge in [-0.3, -0.25) is 0 Å². The van der Waals surface area contributed by atoms with Gasteiger partial charge in [-0.15, -0.1) is 0 Å². The van der Waals surface area contributed by atoms with Crippen molar-refractivity contribution in [1.29, 1.82) is 0 Å². The van der Waals surface area contributed by atoms with Crippen molar-refractivity contribution in [3.05, 3.63) is 17.8 Å². The number of nitrogens with zero attached hydrogens (tertiary/aromatic N) is 2. The normalized spacial score (nSPS) is 20.6. The minimum absolute atomic E-state index is 0.0799. The fraction of sp³-hybridized carbons (Fsp3) is 0.667. The summed E-state index contributed by atoms with van der Waals surface area (Å²) >= 11 is 0. The molecule has 3 heteroatoms. The van der Waals surface area contributed by atoms with Gasteiger partial charge in [0, 0.05) is 13.2 Å². The molecule has 0 aromatic carbocycles. The van der Waals surface area contributed by atoms with Crippen LogP contribution >= 0.6 is 0 Å². The molecule has 1 aliphatic carbocycles. The molecule has 1 aromatic rings. The molecule has 18 heavy (non-hydrogen) atoms. The number of likely N-dealkylation sites (N-methyl/N-ethyl adjacent to an activating group) is 1. The van der Waals surface area contributed by atoms with Gasteiger partial charge in [-0.1, -0.05) is 20.8 Å². The van der Waals surface area contributed by atoms with Gasteiger partial charge in [-0.2, -0.15) is 0 Å². The van der Waals surface area contributed by atoms with E-state index in [0.717, 1.165) is 24.5 Å². The molecule has 1 aliphatic heterocycles. The summed E-state index contributed by atoms with van der Waals surface area (Å²) in [5.41, 5.74) is 2.70. The largest absolute Gasteiger partial charge is 0.468 e. The molecular formula is C15H22N2O. The van der Waals surface area contributed by atoms with Crippen LogP contribution in [0, 0.1) is 0 Å². The van der Waals surface area contributed by atoms with Gasteiger partial charge in [0.15, 0.2) is 0 Å². The van der Waals surface area contributed by atoms with Gasteiger partial charge < -0.3 is 9.64 Å². The average molecular weight is 246 g/mol. The van der Waals surface area contributed by atoms with E-state index in [1.165, 1.54) is 18.4 Å². The minimum Gasteiger partial charge on any atom is -0.468 e. The predicted octanol–water partition coefficient (Wildman–Crippen LogP) is 3.13. The maximum Gasteiger partial charge on any atom is 0.238 e. The van der Waals surface area contributed by atoms with Gasteiger partial charge >= 0.3 is 0 Å². The quantitative estimate of drug-likeness (QED) is 0.801. The Hall–Kier alpha value is -1.25. The number of fused-ring (bicyclic) bond motifs is 1. The first kappa shape index (κ1) is 11.8. The third kappa shape index (κ3) is 1.76. The molecule has 0 saturated heterocycles. The molecule has 0 radical (unpaired) electrons. The van der Waals surface area contributed by atoms with Crippen LogP contribution in [0.2, 0.25) is 0 Å². The maximum absolute atomic E-state index is 6.05. The number of hydrogen-bond donors (Lipinski definition) is 0. The smallest absolute Gasteiger partial charge is 0.238 e. The van der Waals surface area contributed by atoms with Crippen LogP contribution in [-0.2, 0) is 5.41 Å². The Kier molecular flexibility index (Phi) is 2.38. The van der Waals surface area contributed by atoms with Crippen LogP contribution in [0.5, 0.6) is 5.88 Å². The summed E-state index contributed by atoms with van der Waals surface area (Å²) in [5, 5.41) is 0. The number of anilines is 1. The molecule has 1 aromatic heterocycles. The van der Waals surface area contributed by atoms with Crippen LogP contribution in [0.15, 0.2) is 12.3 Å². The summed E-state index contributed by atoms with van der Waals surface area (Å²) in [5.74, 6) is 0.817. The molecular weight excluding hydrogens is 224 g/mol. The molecule has 1 saturated carbocycles. The van der Waals surface area contributed by atoms with E-state index in [1.54, 1.807) is 0 Å². The Balaban J connectivity index is 1.98. The Labute approximate surface area is 109 Å². The number of ether oxygens (including phenoxy) is 1. The fourth-order valence-electron chi connectivity index (χ4n) is 2.52. The summed E-state index contributed by atoms with van der Waals surface area (Å²) in [4.78, 5) is 6.86. The van der Waals surface area contributed by atoms with Gasteiger partial charge in [0.05, 0.1) is 6.54 Å². The highest BCUT2D eigenvalue weighted by atomic mass is 16.5. The summed E-state index contributed by atoms with van der Waals surface area (Å²) in [6.45, 7) is 7.75. The number of hydrogen-bond acceptors (Lipinski definition) is 3. The first-order chi connectivity index (χ1) is 8.46. The fourth-order valence-corrected chi connectivity index (χ4v) is 2.52. The molecule has 1 fully saturated rings. The topological polar surface area (TPSA) is 25.4 Å². The SMILES string of the molecule is CCC(C)(C)c1cnc2c(c1)N(C)CC1(CC1)O2. The van der Waals surface area contributed by atoms with E-state index in [2.05, 4.69) is 43.8 Å². The second-order valence-electron chi connectivity index (χ2n) is 6.43. The van der Waals surface area contributed by atoms with Crippen molar-refractivity contribution in [3.8, 4) is 5.88 Å². The molecule has 3 rings (SSSR count). The lowest BCUT2D eigenvalue weighted by atomic mass is 9.83. The van der Waals surface area contributed by atoms with Crippen LogP contribution in [-0.4, -0.2) is 24.2 Å². The molecule has 0 atom stereocenters. The lowest BCUT2D eigenvalue weighted by Gasteiger charge is -2.34. The Bertz CT molecular complexity index is 477.